The van der Waals surface area contributed by atoms with E-state index in [2.05, 4.69) is 0 Å². The standard InChI is InChI=1S/C12H11NO3/c1-13(2)8-6-10(15)11-7(12(8)16)4-3-5-9(11)14/h3-6,14H,1-2H3. The highest BCUT2D eigenvalue weighted by Crippen LogP contribution is 2.28. The lowest BCUT2D eigenvalue weighted by atomic mass is 9.91. The van der Waals surface area contributed by atoms with Gasteiger partial charge < -0.3 is 10.0 Å². The fourth-order valence-electron chi connectivity index (χ4n) is 1.72. The number of carbonyl (C=O) groups is 2. The summed E-state index contributed by atoms with van der Waals surface area (Å²) in [5, 5.41) is 9.55. The van der Waals surface area contributed by atoms with E-state index < -0.39 is 0 Å². The highest BCUT2D eigenvalue weighted by atomic mass is 16.3. The van der Waals surface area contributed by atoms with Crippen LogP contribution in [0, 0.1) is 0 Å². The second kappa shape index (κ2) is 3.48. The number of Topliss-reactive ketones (excluding diaryl/α,β-unsaturated/α-hetero) is 1. The molecule has 0 atom stereocenters. The van der Waals surface area contributed by atoms with Gasteiger partial charge in [0.25, 0.3) is 0 Å². The fourth-order valence-corrected chi connectivity index (χ4v) is 1.72. The van der Waals surface area contributed by atoms with Crippen LogP contribution in [0.15, 0.2) is 30.0 Å². The van der Waals surface area contributed by atoms with Crippen molar-refractivity contribution in [3.8, 4) is 5.75 Å². The third kappa shape index (κ3) is 1.39. The van der Waals surface area contributed by atoms with Gasteiger partial charge in [0.05, 0.1) is 11.3 Å². The minimum Gasteiger partial charge on any atom is -0.507 e. The van der Waals surface area contributed by atoms with E-state index in [9.17, 15) is 14.7 Å². The molecule has 4 nitrogen and oxygen atoms in total. The zero-order valence-corrected chi connectivity index (χ0v) is 9.02. The molecule has 16 heavy (non-hydrogen) atoms. The number of allylic oxidation sites excluding steroid dienone is 2. The van der Waals surface area contributed by atoms with E-state index in [-0.39, 0.29) is 28.4 Å². The van der Waals surface area contributed by atoms with E-state index >= 15 is 0 Å². The molecule has 0 saturated heterocycles. The first kappa shape index (κ1) is 10.4. The summed E-state index contributed by atoms with van der Waals surface area (Å²) >= 11 is 0. The molecule has 0 spiro atoms. The predicted octanol–water partition coefficient (Wildman–Crippen LogP) is 1.22. The van der Waals surface area contributed by atoms with Crippen molar-refractivity contribution in [2.24, 2.45) is 0 Å². The molecule has 0 amide bonds. The molecule has 0 aromatic heterocycles. The number of ketones is 2. The van der Waals surface area contributed by atoms with Gasteiger partial charge in [-0.15, -0.1) is 0 Å². The summed E-state index contributed by atoms with van der Waals surface area (Å²) < 4.78 is 0. The van der Waals surface area contributed by atoms with Gasteiger partial charge in [-0.2, -0.15) is 0 Å². The number of phenols is 1. The number of fused-ring (bicyclic) bond motifs is 1. The maximum Gasteiger partial charge on any atom is 0.210 e. The molecule has 0 aliphatic heterocycles. The summed E-state index contributed by atoms with van der Waals surface area (Å²) in [6.45, 7) is 0. The van der Waals surface area contributed by atoms with E-state index in [0.29, 0.717) is 5.70 Å². The molecule has 1 aliphatic rings. The van der Waals surface area contributed by atoms with Gasteiger partial charge in [0.2, 0.25) is 5.78 Å². The van der Waals surface area contributed by atoms with E-state index in [4.69, 9.17) is 0 Å². The monoisotopic (exact) mass is 217 g/mol. The van der Waals surface area contributed by atoms with Crippen LogP contribution in [0.2, 0.25) is 0 Å². The average molecular weight is 217 g/mol. The molecular formula is C12H11NO3. The maximum atomic E-state index is 12.0. The molecular weight excluding hydrogens is 206 g/mol. The van der Waals surface area contributed by atoms with Crippen molar-refractivity contribution in [3.05, 3.63) is 41.1 Å². The first-order valence-electron chi connectivity index (χ1n) is 4.82. The lowest BCUT2D eigenvalue weighted by molar-refractivity contribution is 0.0960. The van der Waals surface area contributed by atoms with E-state index in [1.54, 1.807) is 31.1 Å². The summed E-state index contributed by atoms with van der Waals surface area (Å²) in [4.78, 5) is 25.3. The van der Waals surface area contributed by atoms with E-state index in [1.165, 1.54) is 12.1 Å². The SMILES string of the molecule is CN(C)C1=CC(=O)c2c(O)cccc2C1=O. The van der Waals surface area contributed by atoms with Crippen LogP contribution in [-0.4, -0.2) is 35.7 Å². The van der Waals surface area contributed by atoms with Crippen LogP contribution in [0.4, 0.5) is 0 Å². The summed E-state index contributed by atoms with van der Waals surface area (Å²) in [5.74, 6) is -0.725. The Morgan fingerprint density at radius 1 is 1.19 bits per heavy atom. The van der Waals surface area contributed by atoms with E-state index in [1.807, 2.05) is 0 Å². The van der Waals surface area contributed by atoms with Gasteiger partial charge in [-0.1, -0.05) is 6.07 Å². The van der Waals surface area contributed by atoms with Crippen LogP contribution in [0.1, 0.15) is 20.7 Å². The third-order valence-corrected chi connectivity index (χ3v) is 2.52. The fraction of sp³-hybridized carbons (Fsp3) is 0.167. The molecule has 1 aliphatic carbocycles. The number of nitrogens with zero attached hydrogens (tertiary/aromatic N) is 1. The zero-order chi connectivity index (χ0) is 11.9. The number of hydrogen-bond acceptors (Lipinski definition) is 4. The van der Waals surface area contributed by atoms with Gasteiger partial charge in [-0.05, 0) is 12.1 Å². The largest absolute Gasteiger partial charge is 0.507 e. The van der Waals surface area contributed by atoms with Crippen molar-refractivity contribution in [1.82, 2.24) is 4.90 Å². The van der Waals surface area contributed by atoms with Crippen LogP contribution in [-0.2, 0) is 0 Å². The number of carbonyl (C=O) groups excluding carboxylic acids is 2. The lowest BCUT2D eigenvalue weighted by Gasteiger charge is -2.21. The maximum absolute atomic E-state index is 12.0. The topological polar surface area (TPSA) is 57.6 Å². The molecule has 1 aromatic carbocycles. The average Bonchev–Trinajstić information content (AvgIpc) is 2.22. The van der Waals surface area contributed by atoms with Crippen LogP contribution in [0.25, 0.3) is 0 Å². The molecule has 0 heterocycles. The molecule has 0 radical (unpaired) electrons. The van der Waals surface area contributed by atoms with Crippen molar-refractivity contribution in [2.75, 3.05) is 14.1 Å². The van der Waals surface area contributed by atoms with Crippen molar-refractivity contribution in [1.29, 1.82) is 0 Å². The zero-order valence-electron chi connectivity index (χ0n) is 9.02. The van der Waals surface area contributed by atoms with Crippen molar-refractivity contribution < 1.29 is 14.7 Å². The van der Waals surface area contributed by atoms with Crippen molar-refractivity contribution >= 4 is 11.6 Å². The minimum absolute atomic E-state index is 0.0955. The summed E-state index contributed by atoms with van der Waals surface area (Å²) in [6, 6.07) is 4.50. The molecule has 0 unspecified atom stereocenters. The van der Waals surface area contributed by atoms with Crippen molar-refractivity contribution in [2.45, 2.75) is 0 Å². The quantitative estimate of drug-likeness (QED) is 0.768. The molecule has 0 fully saturated rings. The molecule has 2 rings (SSSR count). The Hall–Kier alpha value is -2.10. The molecule has 82 valence electrons. The Labute approximate surface area is 92.8 Å². The Balaban J connectivity index is 2.65. The molecule has 1 aromatic rings. The second-order valence-electron chi connectivity index (χ2n) is 3.82. The smallest absolute Gasteiger partial charge is 0.210 e. The van der Waals surface area contributed by atoms with Crippen molar-refractivity contribution in [3.63, 3.8) is 0 Å². The Kier molecular flexibility index (Phi) is 2.27. The molecule has 1 N–H and O–H groups in total. The number of phenolic OH excluding ortho intramolecular Hbond substituents is 1. The van der Waals surface area contributed by atoms with Crippen LogP contribution < -0.4 is 0 Å². The Morgan fingerprint density at radius 2 is 1.88 bits per heavy atom. The van der Waals surface area contributed by atoms with Gasteiger partial charge >= 0.3 is 0 Å². The van der Waals surface area contributed by atoms with Crippen LogP contribution >= 0.6 is 0 Å². The normalized spacial score (nSPS) is 14.5. The number of hydrogen-bond donors (Lipinski definition) is 1. The molecule has 0 bridgehead atoms. The second-order valence-corrected chi connectivity index (χ2v) is 3.82. The summed E-state index contributed by atoms with van der Waals surface area (Å²) in [7, 11) is 3.40. The Bertz CT molecular complexity index is 515. The van der Waals surface area contributed by atoms with Gasteiger partial charge in [-0.3, -0.25) is 9.59 Å². The summed E-state index contributed by atoms with van der Waals surface area (Å²) in [6.07, 6.45) is 1.25. The summed E-state index contributed by atoms with van der Waals surface area (Å²) in [5.41, 5.74) is 0.692. The van der Waals surface area contributed by atoms with Crippen LogP contribution in [0.5, 0.6) is 5.75 Å². The first-order valence-corrected chi connectivity index (χ1v) is 4.82. The van der Waals surface area contributed by atoms with Gasteiger partial charge in [0, 0.05) is 25.7 Å². The number of benzene rings is 1. The van der Waals surface area contributed by atoms with Gasteiger partial charge in [0.15, 0.2) is 5.78 Å². The first-order chi connectivity index (χ1) is 7.52. The highest BCUT2D eigenvalue weighted by Gasteiger charge is 2.28. The molecule has 4 heteroatoms. The third-order valence-electron chi connectivity index (χ3n) is 2.52. The highest BCUT2D eigenvalue weighted by molar-refractivity contribution is 6.25. The number of aromatic hydroxyl groups is 1. The predicted molar refractivity (Wildman–Crippen MR) is 58.5 cm³/mol. The van der Waals surface area contributed by atoms with E-state index in [0.717, 1.165) is 0 Å². The van der Waals surface area contributed by atoms with Gasteiger partial charge in [-0.25, -0.2) is 0 Å². The number of likely N-dealkylation sites (N-methyl/N-ethyl adjacent to an activating group) is 1. The Morgan fingerprint density at radius 3 is 2.50 bits per heavy atom. The molecule has 0 saturated carbocycles. The number of rotatable bonds is 1. The lowest BCUT2D eigenvalue weighted by Crippen LogP contribution is -2.26. The van der Waals surface area contributed by atoms with Gasteiger partial charge in [0.1, 0.15) is 5.75 Å². The minimum atomic E-state index is -0.337. The van der Waals surface area contributed by atoms with Crippen LogP contribution in [0.3, 0.4) is 0 Å².